The fraction of sp³-hybridized carbons (Fsp3) is 0.188. The highest BCUT2D eigenvalue weighted by Gasteiger charge is 2.30. The first-order chi connectivity index (χ1) is 10.1. The number of phenols is 1. The second-order valence-corrected chi connectivity index (χ2v) is 5.42. The third kappa shape index (κ3) is 1.85. The monoisotopic (exact) mass is 283 g/mol. The summed E-state index contributed by atoms with van der Waals surface area (Å²) in [6.45, 7) is 0. The Morgan fingerprint density at radius 1 is 1.24 bits per heavy atom. The molecule has 0 spiro atoms. The number of fused-ring (bicyclic) bond motifs is 1. The zero-order valence-electron chi connectivity index (χ0n) is 11.3. The first-order valence-electron chi connectivity index (χ1n) is 6.90. The van der Waals surface area contributed by atoms with Gasteiger partial charge in [-0.2, -0.15) is 0 Å². The molecule has 4 rings (SSSR count). The summed E-state index contributed by atoms with van der Waals surface area (Å²) in [7, 11) is 0. The Bertz CT molecular complexity index is 852. The smallest absolute Gasteiger partial charge is 0.151 e. The number of aromatic nitrogens is 2. The summed E-state index contributed by atoms with van der Waals surface area (Å²) >= 11 is 0. The minimum atomic E-state index is -0.344. The molecule has 2 aromatic carbocycles. The molecule has 1 heterocycles. The second-order valence-electron chi connectivity index (χ2n) is 5.42. The lowest BCUT2D eigenvalue weighted by molar-refractivity contribution is 0.477. The van der Waals surface area contributed by atoms with E-state index in [2.05, 4.69) is 4.98 Å². The quantitative estimate of drug-likeness (QED) is 0.708. The maximum Gasteiger partial charge on any atom is 0.151 e. The summed E-state index contributed by atoms with van der Waals surface area (Å²) in [5.41, 5.74) is 7.84. The van der Waals surface area contributed by atoms with Crippen LogP contribution in [0.4, 0.5) is 10.1 Å². The van der Waals surface area contributed by atoms with Gasteiger partial charge in [0.1, 0.15) is 17.1 Å². The fourth-order valence-corrected chi connectivity index (χ4v) is 2.71. The van der Waals surface area contributed by atoms with Crippen molar-refractivity contribution < 1.29 is 9.50 Å². The topological polar surface area (TPSA) is 64.1 Å². The van der Waals surface area contributed by atoms with Crippen LogP contribution in [-0.4, -0.2) is 14.7 Å². The van der Waals surface area contributed by atoms with Gasteiger partial charge in [0.2, 0.25) is 0 Å². The Balaban J connectivity index is 2.03. The molecule has 5 heteroatoms. The molecule has 106 valence electrons. The van der Waals surface area contributed by atoms with Crippen molar-refractivity contribution in [2.24, 2.45) is 0 Å². The van der Waals surface area contributed by atoms with Crippen LogP contribution in [0.2, 0.25) is 0 Å². The number of nitrogens with zero attached hydrogens (tertiary/aromatic N) is 2. The average molecular weight is 283 g/mol. The van der Waals surface area contributed by atoms with Crippen LogP contribution in [0.3, 0.4) is 0 Å². The molecule has 0 aliphatic heterocycles. The predicted molar refractivity (Wildman–Crippen MR) is 79.5 cm³/mol. The lowest BCUT2D eigenvalue weighted by atomic mass is 10.1. The molecule has 21 heavy (non-hydrogen) atoms. The standard InChI is InChI=1S/C16H14FN3O/c17-12-2-1-3-13-15(12)19-16(20(13)10-5-6-10)11-7-4-9(18)8-14(11)21/h1-4,7-8,10,21H,5-6,18H2. The third-order valence-corrected chi connectivity index (χ3v) is 3.85. The van der Waals surface area contributed by atoms with Crippen LogP contribution in [0.25, 0.3) is 22.4 Å². The van der Waals surface area contributed by atoms with Crippen LogP contribution in [0.5, 0.6) is 5.75 Å². The van der Waals surface area contributed by atoms with Gasteiger partial charge in [-0.1, -0.05) is 6.07 Å². The van der Waals surface area contributed by atoms with E-state index in [1.54, 1.807) is 18.2 Å². The van der Waals surface area contributed by atoms with Crippen LogP contribution in [0, 0.1) is 5.82 Å². The van der Waals surface area contributed by atoms with E-state index in [1.807, 2.05) is 10.6 Å². The summed E-state index contributed by atoms with van der Waals surface area (Å²) in [6, 6.07) is 10.2. The molecule has 0 unspecified atom stereocenters. The number of imidazole rings is 1. The molecule has 0 saturated heterocycles. The largest absolute Gasteiger partial charge is 0.507 e. The highest BCUT2D eigenvalue weighted by atomic mass is 19.1. The lowest BCUT2D eigenvalue weighted by Crippen LogP contribution is -1.98. The maximum absolute atomic E-state index is 14.0. The van der Waals surface area contributed by atoms with Gasteiger partial charge in [0.25, 0.3) is 0 Å². The van der Waals surface area contributed by atoms with Crippen molar-refractivity contribution in [3.8, 4) is 17.1 Å². The molecule has 1 aliphatic carbocycles. The number of nitrogen functional groups attached to an aromatic ring is 1. The number of halogens is 1. The number of benzene rings is 2. The molecule has 0 atom stereocenters. The summed E-state index contributed by atoms with van der Waals surface area (Å²) in [6.07, 6.45) is 2.09. The van der Waals surface area contributed by atoms with Crippen molar-refractivity contribution in [2.75, 3.05) is 5.73 Å². The normalized spacial score (nSPS) is 14.7. The van der Waals surface area contributed by atoms with Crippen LogP contribution in [0.1, 0.15) is 18.9 Å². The Morgan fingerprint density at radius 2 is 2.05 bits per heavy atom. The number of nitrogens with two attached hydrogens (primary N) is 1. The van der Waals surface area contributed by atoms with E-state index in [-0.39, 0.29) is 11.6 Å². The highest BCUT2D eigenvalue weighted by Crippen LogP contribution is 2.43. The van der Waals surface area contributed by atoms with Gasteiger partial charge in [-0.15, -0.1) is 0 Å². The summed E-state index contributed by atoms with van der Waals surface area (Å²) in [5, 5.41) is 10.1. The first kappa shape index (κ1) is 12.2. The van der Waals surface area contributed by atoms with Crippen molar-refractivity contribution >= 4 is 16.7 Å². The number of anilines is 1. The van der Waals surface area contributed by atoms with E-state index < -0.39 is 0 Å². The Kier molecular flexibility index (Phi) is 2.45. The minimum Gasteiger partial charge on any atom is -0.507 e. The van der Waals surface area contributed by atoms with Gasteiger partial charge in [-0.3, -0.25) is 0 Å². The number of hydrogen-bond donors (Lipinski definition) is 2. The summed E-state index contributed by atoms with van der Waals surface area (Å²) < 4.78 is 16.0. The van der Waals surface area contributed by atoms with Crippen LogP contribution in [-0.2, 0) is 0 Å². The van der Waals surface area contributed by atoms with Gasteiger partial charge in [0.15, 0.2) is 5.82 Å². The molecule has 1 saturated carbocycles. The molecule has 1 fully saturated rings. The van der Waals surface area contributed by atoms with E-state index in [0.717, 1.165) is 18.4 Å². The van der Waals surface area contributed by atoms with Crippen molar-refractivity contribution in [3.05, 3.63) is 42.2 Å². The Morgan fingerprint density at radius 3 is 2.76 bits per heavy atom. The van der Waals surface area contributed by atoms with Crippen molar-refractivity contribution in [1.82, 2.24) is 9.55 Å². The van der Waals surface area contributed by atoms with E-state index in [4.69, 9.17) is 5.73 Å². The molecule has 0 amide bonds. The van der Waals surface area contributed by atoms with Crippen molar-refractivity contribution in [2.45, 2.75) is 18.9 Å². The van der Waals surface area contributed by atoms with Gasteiger partial charge in [-0.25, -0.2) is 9.37 Å². The van der Waals surface area contributed by atoms with E-state index >= 15 is 0 Å². The number of aromatic hydroxyl groups is 1. The number of para-hydroxylation sites is 1. The third-order valence-electron chi connectivity index (χ3n) is 3.85. The number of hydrogen-bond acceptors (Lipinski definition) is 3. The van der Waals surface area contributed by atoms with E-state index in [1.165, 1.54) is 12.1 Å². The van der Waals surface area contributed by atoms with Gasteiger partial charge in [-0.05, 0) is 37.1 Å². The van der Waals surface area contributed by atoms with Crippen molar-refractivity contribution in [3.63, 3.8) is 0 Å². The lowest BCUT2D eigenvalue weighted by Gasteiger charge is -2.09. The number of rotatable bonds is 2. The van der Waals surface area contributed by atoms with Gasteiger partial charge in [0, 0.05) is 17.8 Å². The zero-order valence-corrected chi connectivity index (χ0v) is 11.3. The molecule has 0 bridgehead atoms. The first-order valence-corrected chi connectivity index (χ1v) is 6.90. The molecule has 4 nitrogen and oxygen atoms in total. The fourth-order valence-electron chi connectivity index (χ4n) is 2.71. The van der Waals surface area contributed by atoms with Gasteiger partial charge >= 0.3 is 0 Å². The molecule has 3 N–H and O–H groups in total. The van der Waals surface area contributed by atoms with Crippen LogP contribution >= 0.6 is 0 Å². The molecular formula is C16H14FN3O. The van der Waals surface area contributed by atoms with Gasteiger partial charge in [0.05, 0.1) is 11.1 Å². The molecular weight excluding hydrogens is 269 g/mol. The van der Waals surface area contributed by atoms with E-state index in [0.29, 0.717) is 28.6 Å². The Labute approximate surface area is 120 Å². The van der Waals surface area contributed by atoms with Gasteiger partial charge < -0.3 is 15.4 Å². The summed E-state index contributed by atoms with van der Waals surface area (Å²) in [5.74, 6) is 0.311. The predicted octanol–water partition coefficient (Wildman–Crippen LogP) is 3.47. The zero-order chi connectivity index (χ0) is 14.6. The highest BCUT2D eigenvalue weighted by molar-refractivity contribution is 5.83. The number of phenolic OH excluding ortho intramolecular Hbond substituents is 1. The van der Waals surface area contributed by atoms with Crippen molar-refractivity contribution in [1.29, 1.82) is 0 Å². The Hall–Kier alpha value is -2.56. The molecule has 1 aliphatic rings. The maximum atomic E-state index is 14.0. The average Bonchev–Trinajstić information content (AvgIpc) is 3.20. The molecule has 1 aromatic heterocycles. The van der Waals surface area contributed by atoms with Crippen LogP contribution in [0.15, 0.2) is 36.4 Å². The van der Waals surface area contributed by atoms with Crippen LogP contribution < -0.4 is 5.73 Å². The summed E-state index contributed by atoms with van der Waals surface area (Å²) in [4.78, 5) is 4.42. The molecule has 0 radical (unpaired) electrons. The minimum absolute atomic E-state index is 0.0626. The second kappa shape index (κ2) is 4.22. The SMILES string of the molecule is Nc1ccc(-c2nc3c(F)cccc3n2C2CC2)c(O)c1. The van der Waals surface area contributed by atoms with E-state index in [9.17, 15) is 9.50 Å². The molecule has 3 aromatic rings.